The summed E-state index contributed by atoms with van der Waals surface area (Å²) in [5.41, 5.74) is 2.13. The second kappa shape index (κ2) is 11.8. The van der Waals surface area contributed by atoms with Gasteiger partial charge in [-0.05, 0) is 31.9 Å². The van der Waals surface area contributed by atoms with Gasteiger partial charge in [0.25, 0.3) is 0 Å². The molecule has 1 saturated heterocycles. The third-order valence-electron chi connectivity index (χ3n) is 4.21. The van der Waals surface area contributed by atoms with Gasteiger partial charge in [-0.15, -0.1) is 24.0 Å². The number of nitrogens with one attached hydrogen (secondary N) is 2. The highest BCUT2D eigenvalue weighted by Gasteiger charge is 2.25. The Balaban J connectivity index is 0.00000364. The number of aliphatic imine (C=N–C) groups is 1. The highest BCUT2D eigenvalue weighted by Crippen LogP contribution is 2.20. The Hall–Kier alpha value is -1.84. The van der Waals surface area contributed by atoms with Crippen LogP contribution in [0.5, 0.6) is 5.75 Å². The SMILES string of the molecule is CCNC(=NCc1ccc(C)cc1OC)NCCN1C(=O)CCCC1=O.I. The van der Waals surface area contributed by atoms with Crippen molar-refractivity contribution in [2.75, 3.05) is 26.7 Å². The van der Waals surface area contributed by atoms with E-state index in [0.29, 0.717) is 44.9 Å². The summed E-state index contributed by atoms with van der Waals surface area (Å²) in [6.45, 7) is 6.02. The van der Waals surface area contributed by atoms with Crippen LogP contribution in [0.15, 0.2) is 23.2 Å². The van der Waals surface area contributed by atoms with Gasteiger partial charge in [0.1, 0.15) is 5.75 Å². The number of ether oxygens (including phenoxy) is 1. The van der Waals surface area contributed by atoms with Crippen molar-refractivity contribution in [1.29, 1.82) is 0 Å². The minimum absolute atomic E-state index is 0. The van der Waals surface area contributed by atoms with Gasteiger partial charge in [0.2, 0.25) is 11.8 Å². The molecule has 0 atom stereocenters. The van der Waals surface area contributed by atoms with Crippen molar-refractivity contribution in [2.24, 2.45) is 4.99 Å². The van der Waals surface area contributed by atoms with E-state index in [4.69, 9.17) is 4.74 Å². The van der Waals surface area contributed by atoms with Crippen LogP contribution in [-0.4, -0.2) is 49.4 Å². The number of rotatable bonds is 7. The Labute approximate surface area is 178 Å². The summed E-state index contributed by atoms with van der Waals surface area (Å²) >= 11 is 0. The summed E-state index contributed by atoms with van der Waals surface area (Å²) in [5, 5.41) is 6.35. The first-order chi connectivity index (χ1) is 12.5. The van der Waals surface area contributed by atoms with Gasteiger partial charge in [0.15, 0.2) is 5.96 Å². The summed E-state index contributed by atoms with van der Waals surface area (Å²) in [4.78, 5) is 29.6. The first-order valence-electron chi connectivity index (χ1n) is 9.04. The Bertz CT molecular complexity index is 663. The maximum atomic E-state index is 11.8. The lowest BCUT2D eigenvalue weighted by atomic mass is 10.1. The Morgan fingerprint density at radius 2 is 1.93 bits per heavy atom. The zero-order valence-corrected chi connectivity index (χ0v) is 18.5. The average Bonchev–Trinajstić information content (AvgIpc) is 2.62. The van der Waals surface area contributed by atoms with Crippen LogP contribution in [0.2, 0.25) is 0 Å². The molecule has 8 heteroatoms. The van der Waals surface area contributed by atoms with E-state index in [1.165, 1.54) is 4.90 Å². The van der Waals surface area contributed by atoms with E-state index >= 15 is 0 Å². The predicted octanol–water partition coefficient (Wildman–Crippen LogP) is 2.22. The normalized spacial score (nSPS) is 14.6. The van der Waals surface area contributed by atoms with Crippen LogP contribution in [-0.2, 0) is 16.1 Å². The molecule has 0 bridgehead atoms. The lowest BCUT2D eigenvalue weighted by molar-refractivity contribution is -0.147. The molecule has 0 aromatic heterocycles. The third kappa shape index (κ3) is 7.00. The molecule has 1 aromatic rings. The molecule has 1 aromatic carbocycles. The molecular formula is C19H29IN4O3. The number of aryl methyl sites for hydroxylation is 1. The highest BCUT2D eigenvalue weighted by molar-refractivity contribution is 14.0. The molecule has 0 radical (unpaired) electrons. The topological polar surface area (TPSA) is 83.0 Å². The van der Waals surface area contributed by atoms with Gasteiger partial charge in [-0.2, -0.15) is 0 Å². The molecule has 0 saturated carbocycles. The summed E-state index contributed by atoms with van der Waals surface area (Å²) < 4.78 is 5.41. The lowest BCUT2D eigenvalue weighted by Gasteiger charge is -2.25. The molecule has 1 fully saturated rings. The van der Waals surface area contributed by atoms with Gasteiger partial charge < -0.3 is 15.4 Å². The zero-order valence-electron chi connectivity index (χ0n) is 16.2. The van der Waals surface area contributed by atoms with E-state index in [1.807, 2.05) is 32.0 Å². The van der Waals surface area contributed by atoms with Gasteiger partial charge in [-0.25, -0.2) is 4.99 Å². The molecule has 27 heavy (non-hydrogen) atoms. The number of hydrogen-bond donors (Lipinski definition) is 2. The summed E-state index contributed by atoms with van der Waals surface area (Å²) in [5.74, 6) is 1.28. The molecule has 2 N–H and O–H groups in total. The van der Waals surface area contributed by atoms with Crippen LogP contribution in [0.4, 0.5) is 0 Å². The standard InChI is InChI=1S/C19H28N4O3.HI/c1-4-20-19(21-10-11-23-17(24)6-5-7-18(23)25)22-13-15-9-8-14(2)12-16(15)26-3;/h8-9,12H,4-7,10-11,13H2,1-3H3,(H2,20,21,22);1H. The molecule has 1 aliphatic rings. The third-order valence-corrected chi connectivity index (χ3v) is 4.21. The monoisotopic (exact) mass is 488 g/mol. The minimum atomic E-state index is -0.0885. The number of nitrogens with zero attached hydrogens (tertiary/aromatic N) is 2. The molecule has 2 rings (SSSR count). The van der Waals surface area contributed by atoms with E-state index in [1.54, 1.807) is 7.11 Å². The van der Waals surface area contributed by atoms with E-state index in [0.717, 1.165) is 23.4 Å². The van der Waals surface area contributed by atoms with Gasteiger partial charge in [0.05, 0.1) is 13.7 Å². The maximum Gasteiger partial charge on any atom is 0.229 e. The molecule has 0 spiro atoms. The quantitative estimate of drug-likeness (QED) is 0.266. The number of methoxy groups -OCH3 is 1. The van der Waals surface area contributed by atoms with Crippen molar-refractivity contribution in [3.63, 3.8) is 0 Å². The van der Waals surface area contributed by atoms with Crippen LogP contribution in [0.1, 0.15) is 37.3 Å². The van der Waals surface area contributed by atoms with Crippen molar-refractivity contribution in [1.82, 2.24) is 15.5 Å². The van der Waals surface area contributed by atoms with E-state index in [2.05, 4.69) is 15.6 Å². The fourth-order valence-electron chi connectivity index (χ4n) is 2.82. The van der Waals surface area contributed by atoms with Gasteiger partial charge in [0, 0.05) is 38.0 Å². The Morgan fingerprint density at radius 3 is 2.56 bits per heavy atom. The fraction of sp³-hybridized carbons (Fsp3) is 0.526. The van der Waals surface area contributed by atoms with Gasteiger partial charge >= 0.3 is 0 Å². The summed E-state index contributed by atoms with van der Waals surface area (Å²) in [7, 11) is 1.65. The number of imide groups is 1. The van der Waals surface area contributed by atoms with E-state index in [9.17, 15) is 9.59 Å². The first kappa shape index (κ1) is 23.2. The van der Waals surface area contributed by atoms with E-state index < -0.39 is 0 Å². The second-order valence-corrected chi connectivity index (χ2v) is 6.23. The molecule has 0 aliphatic carbocycles. The highest BCUT2D eigenvalue weighted by atomic mass is 127. The Morgan fingerprint density at radius 1 is 1.22 bits per heavy atom. The maximum absolute atomic E-state index is 11.8. The van der Waals surface area contributed by atoms with Crippen molar-refractivity contribution >= 4 is 41.8 Å². The van der Waals surface area contributed by atoms with Crippen LogP contribution in [0.3, 0.4) is 0 Å². The molecule has 0 unspecified atom stereocenters. The number of hydrogen-bond acceptors (Lipinski definition) is 4. The fourth-order valence-corrected chi connectivity index (χ4v) is 2.82. The molecule has 150 valence electrons. The number of carbonyl (C=O) groups excluding carboxylic acids is 2. The van der Waals surface area contributed by atoms with Crippen LogP contribution >= 0.6 is 24.0 Å². The second-order valence-electron chi connectivity index (χ2n) is 6.23. The van der Waals surface area contributed by atoms with Crippen molar-refractivity contribution in [3.05, 3.63) is 29.3 Å². The Kier molecular flexibility index (Phi) is 10.1. The molecule has 1 heterocycles. The number of carbonyl (C=O) groups is 2. The van der Waals surface area contributed by atoms with Gasteiger partial charge in [-0.3, -0.25) is 14.5 Å². The average molecular weight is 488 g/mol. The number of halogens is 1. The van der Waals surface area contributed by atoms with Crippen LogP contribution in [0, 0.1) is 6.92 Å². The number of amides is 2. The van der Waals surface area contributed by atoms with E-state index in [-0.39, 0.29) is 35.8 Å². The van der Waals surface area contributed by atoms with Crippen molar-refractivity contribution < 1.29 is 14.3 Å². The summed E-state index contributed by atoms with van der Waals surface area (Å²) in [6, 6.07) is 6.02. The molecule has 1 aliphatic heterocycles. The largest absolute Gasteiger partial charge is 0.496 e. The summed E-state index contributed by atoms with van der Waals surface area (Å²) in [6.07, 6.45) is 1.56. The number of guanidine groups is 1. The first-order valence-corrected chi connectivity index (χ1v) is 9.04. The van der Waals surface area contributed by atoms with Crippen LogP contribution in [0.25, 0.3) is 0 Å². The number of likely N-dealkylation sites (tertiary alicyclic amines) is 1. The smallest absolute Gasteiger partial charge is 0.229 e. The predicted molar refractivity (Wildman–Crippen MR) is 117 cm³/mol. The number of benzene rings is 1. The molecular weight excluding hydrogens is 459 g/mol. The molecule has 7 nitrogen and oxygen atoms in total. The molecule has 2 amide bonds. The van der Waals surface area contributed by atoms with Crippen molar-refractivity contribution in [2.45, 2.75) is 39.7 Å². The lowest BCUT2D eigenvalue weighted by Crippen LogP contribution is -2.46. The minimum Gasteiger partial charge on any atom is -0.496 e. The number of piperidine rings is 1. The zero-order chi connectivity index (χ0) is 18.9. The van der Waals surface area contributed by atoms with Crippen LogP contribution < -0.4 is 15.4 Å². The van der Waals surface area contributed by atoms with Crippen molar-refractivity contribution in [3.8, 4) is 5.75 Å². The van der Waals surface area contributed by atoms with Gasteiger partial charge in [-0.1, -0.05) is 12.1 Å².